The lowest BCUT2D eigenvalue weighted by atomic mass is 10.1. The molecule has 6 nitrogen and oxygen atoms in total. The minimum atomic E-state index is -1.99. The normalized spacial score (nSPS) is 15.3. The monoisotopic (exact) mass is 502 g/mol. The predicted octanol–water partition coefficient (Wildman–Crippen LogP) is 5.70. The number of carbonyl (C=O) groups is 2. The number of halogens is 2. The fourth-order valence-electron chi connectivity index (χ4n) is 2.76. The summed E-state index contributed by atoms with van der Waals surface area (Å²) in [5.41, 5.74) is 0.0199. The Morgan fingerprint density at radius 2 is 1.80 bits per heavy atom. The molecule has 30 heavy (non-hydrogen) atoms. The van der Waals surface area contributed by atoms with E-state index in [1.165, 1.54) is 21.9 Å². The number of nitrogens with zero attached hydrogens (tertiary/aromatic N) is 2. The van der Waals surface area contributed by atoms with E-state index in [2.05, 4.69) is 49.8 Å². The summed E-state index contributed by atoms with van der Waals surface area (Å²) in [5.74, 6) is -0.832. The topological polar surface area (TPSA) is 59.1 Å². The smallest absolute Gasteiger partial charge is 0.415 e. The van der Waals surface area contributed by atoms with E-state index < -0.39 is 25.8 Å². The molecule has 168 valence electrons. The number of carbonyl (C=O) groups excluding carboxylic acids is 2. The van der Waals surface area contributed by atoms with Crippen LogP contribution in [0.15, 0.2) is 16.6 Å². The van der Waals surface area contributed by atoms with Gasteiger partial charge in [-0.1, -0.05) is 20.8 Å². The summed E-state index contributed by atoms with van der Waals surface area (Å²) < 4.78 is 26.1. The molecule has 1 aromatic carbocycles. The fraction of sp³-hybridized carbons (Fsp3) is 0.619. The summed E-state index contributed by atoms with van der Waals surface area (Å²) in [7, 11) is -1.99. The summed E-state index contributed by atoms with van der Waals surface area (Å²) >= 11 is 3.26. The molecule has 0 bridgehead atoms. The van der Waals surface area contributed by atoms with Crippen molar-refractivity contribution in [2.45, 2.75) is 65.3 Å². The van der Waals surface area contributed by atoms with Crippen molar-refractivity contribution in [1.29, 1.82) is 0 Å². The zero-order valence-electron chi connectivity index (χ0n) is 19.1. The first-order chi connectivity index (χ1) is 13.5. The van der Waals surface area contributed by atoms with Gasteiger partial charge in [-0.2, -0.15) is 0 Å². The molecule has 1 aliphatic heterocycles. The molecule has 0 unspecified atom stereocenters. The molecule has 0 radical (unpaired) electrons. The van der Waals surface area contributed by atoms with E-state index in [0.29, 0.717) is 18.0 Å². The highest BCUT2D eigenvalue weighted by atomic mass is 79.9. The van der Waals surface area contributed by atoms with E-state index in [0.717, 1.165) is 0 Å². The van der Waals surface area contributed by atoms with Crippen molar-refractivity contribution in [3.8, 4) is 0 Å². The van der Waals surface area contributed by atoms with Crippen LogP contribution in [-0.2, 0) is 14.0 Å². The van der Waals surface area contributed by atoms with Crippen molar-refractivity contribution >= 4 is 47.6 Å². The SMILES string of the molecule is CC(C)(C)OC(=O)N1CC(=O)N(CCO[Si](C)(C)C(C)(C)C)c2c1ccc(F)c2Br. The third-order valence-corrected chi connectivity index (χ3v) is 10.7. The molecule has 0 spiro atoms. The van der Waals surface area contributed by atoms with E-state index >= 15 is 0 Å². The average molecular weight is 503 g/mol. The van der Waals surface area contributed by atoms with Crippen molar-refractivity contribution < 1.29 is 23.1 Å². The first-order valence-corrected chi connectivity index (χ1v) is 13.7. The summed E-state index contributed by atoms with van der Waals surface area (Å²) in [5, 5.41) is 0.0387. The maximum Gasteiger partial charge on any atom is 0.415 e. The molecule has 0 saturated heterocycles. The molecular formula is C21H32BrFN2O4Si. The Hall–Kier alpha value is -1.45. The molecule has 0 fully saturated rings. The highest BCUT2D eigenvalue weighted by molar-refractivity contribution is 9.10. The molecule has 0 N–H and O–H groups in total. The number of rotatable bonds is 4. The molecule has 0 aliphatic carbocycles. The van der Waals surface area contributed by atoms with Gasteiger partial charge in [0.05, 0.1) is 22.5 Å². The Bertz CT molecular complexity index is 834. The Balaban J connectivity index is 2.33. The van der Waals surface area contributed by atoms with Crippen LogP contribution in [-0.4, -0.2) is 45.6 Å². The molecule has 0 atom stereocenters. The van der Waals surface area contributed by atoms with Gasteiger partial charge in [0, 0.05) is 6.54 Å². The van der Waals surface area contributed by atoms with Crippen LogP contribution in [0, 0.1) is 5.82 Å². The van der Waals surface area contributed by atoms with Gasteiger partial charge in [-0.3, -0.25) is 9.69 Å². The molecule has 1 aromatic rings. The number of fused-ring (bicyclic) bond motifs is 1. The Morgan fingerprint density at radius 3 is 2.33 bits per heavy atom. The van der Waals surface area contributed by atoms with Crippen LogP contribution >= 0.6 is 15.9 Å². The molecule has 0 aromatic heterocycles. The second-order valence-corrected chi connectivity index (χ2v) is 15.6. The highest BCUT2D eigenvalue weighted by Gasteiger charge is 2.39. The summed E-state index contributed by atoms with van der Waals surface area (Å²) in [4.78, 5) is 28.4. The van der Waals surface area contributed by atoms with Crippen molar-refractivity contribution in [2.75, 3.05) is 29.5 Å². The van der Waals surface area contributed by atoms with E-state index in [1.54, 1.807) is 20.8 Å². The zero-order valence-corrected chi connectivity index (χ0v) is 21.6. The molecule has 9 heteroatoms. The van der Waals surface area contributed by atoms with Gasteiger partial charge >= 0.3 is 6.09 Å². The fourth-order valence-corrected chi connectivity index (χ4v) is 4.34. The third kappa shape index (κ3) is 5.42. The molecule has 2 amide bonds. The second-order valence-electron chi connectivity index (χ2n) is 9.95. The van der Waals surface area contributed by atoms with Gasteiger partial charge in [0.15, 0.2) is 8.32 Å². The lowest BCUT2D eigenvalue weighted by Crippen LogP contribution is -2.51. The third-order valence-electron chi connectivity index (χ3n) is 5.40. The number of benzene rings is 1. The highest BCUT2D eigenvalue weighted by Crippen LogP contribution is 2.42. The number of amides is 2. The summed E-state index contributed by atoms with van der Waals surface area (Å²) in [6.45, 7) is 16.4. The molecular weight excluding hydrogens is 471 g/mol. The lowest BCUT2D eigenvalue weighted by Gasteiger charge is -2.39. The van der Waals surface area contributed by atoms with Gasteiger partial charge in [-0.25, -0.2) is 9.18 Å². The van der Waals surface area contributed by atoms with Crippen LogP contribution in [0.2, 0.25) is 18.1 Å². The summed E-state index contributed by atoms with van der Waals surface area (Å²) in [6, 6.07) is 2.76. The first kappa shape index (κ1) is 24.8. The molecule has 2 rings (SSSR count). The Morgan fingerprint density at radius 1 is 1.20 bits per heavy atom. The van der Waals surface area contributed by atoms with Crippen LogP contribution in [0.3, 0.4) is 0 Å². The standard InChI is InChI=1S/C21H32BrFN2O4Si/c1-20(2,3)29-19(27)25-13-16(26)24(11-12-28-30(7,8)21(4,5)6)18-15(25)10-9-14(23)17(18)22/h9-10H,11-13H2,1-8H3. The molecule has 0 saturated carbocycles. The van der Waals surface area contributed by atoms with E-state index in [9.17, 15) is 14.0 Å². The van der Waals surface area contributed by atoms with Crippen LogP contribution in [0.4, 0.5) is 20.6 Å². The maximum atomic E-state index is 14.3. The van der Waals surface area contributed by atoms with Gasteiger partial charge in [0.1, 0.15) is 18.0 Å². The van der Waals surface area contributed by atoms with Gasteiger partial charge in [0.2, 0.25) is 5.91 Å². The minimum absolute atomic E-state index is 0.0387. The Kier molecular flexibility index (Phi) is 7.10. The summed E-state index contributed by atoms with van der Waals surface area (Å²) in [6.07, 6.45) is -0.646. The van der Waals surface area contributed by atoms with Gasteiger partial charge < -0.3 is 14.1 Å². The Labute approximate surface area is 188 Å². The van der Waals surface area contributed by atoms with Crippen LogP contribution in [0.25, 0.3) is 0 Å². The largest absolute Gasteiger partial charge is 0.443 e. The maximum absolute atomic E-state index is 14.3. The minimum Gasteiger partial charge on any atom is -0.443 e. The lowest BCUT2D eigenvalue weighted by molar-refractivity contribution is -0.117. The number of anilines is 2. The zero-order chi connectivity index (χ0) is 23.1. The molecule has 1 aliphatic rings. The average Bonchev–Trinajstić information content (AvgIpc) is 2.56. The van der Waals surface area contributed by atoms with Gasteiger partial charge in [-0.05, 0) is 67.0 Å². The second kappa shape index (κ2) is 8.59. The number of hydrogen-bond donors (Lipinski definition) is 0. The van der Waals surface area contributed by atoms with Crippen molar-refractivity contribution in [3.05, 3.63) is 22.4 Å². The van der Waals surface area contributed by atoms with Crippen molar-refractivity contribution in [2.24, 2.45) is 0 Å². The number of ether oxygens (including phenoxy) is 1. The number of hydrogen-bond acceptors (Lipinski definition) is 4. The van der Waals surface area contributed by atoms with Crippen molar-refractivity contribution in [3.63, 3.8) is 0 Å². The molecule has 1 heterocycles. The van der Waals surface area contributed by atoms with Crippen molar-refractivity contribution in [1.82, 2.24) is 0 Å². The predicted molar refractivity (Wildman–Crippen MR) is 123 cm³/mol. The van der Waals surface area contributed by atoms with Gasteiger partial charge in [-0.15, -0.1) is 0 Å². The first-order valence-electron chi connectivity index (χ1n) is 9.98. The van der Waals surface area contributed by atoms with E-state index in [4.69, 9.17) is 9.16 Å². The van der Waals surface area contributed by atoms with E-state index in [-0.39, 0.29) is 28.5 Å². The van der Waals surface area contributed by atoms with Crippen LogP contribution in [0.1, 0.15) is 41.5 Å². The quantitative estimate of drug-likeness (QED) is 0.495. The van der Waals surface area contributed by atoms with Gasteiger partial charge in [0.25, 0.3) is 0 Å². The van der Waals surface area contributed by atoms with E-state index in [1.807, 2.05) is 0 Å². The van der Waals surface area contributed by atoms with Crippen LogP contribution in [0.5, 0.6) is 0 Å². The van der Waals surface area contributed by atoms with Crippen LogP contribution < -0.4 is 9.80 Å².